The van der Waals surface area contributed by atoms with Crippen LogP contribution in [0.25, 0.3) is 0 Å². The van der Waals surface area contributed by atoms with Crippen LogP contribution in [0.1, 0.15) is 49.9 Å². The Morgan fingerprint density at radius 1 is 1.25 bits per heavy atom. The highest BCUT2D eigenvalue weighted by Crippen LogP contribution is 2.37. The molecule has 0 fully saturated rings. The van der Waals surface area contributed by atoms with Gasteiger partial charge in [0.2, 0.25) is 0 Å². The molecule has 1 aliphatic heterocycles. The van der Waals surface area contributed by atoms with Gasteiger partial charge in [0.25, 0.3) is 0 Å². The lowest BCUT2D eigenvalue weighted by Gasteiger charge is -2.36. The van der Waals surface area contributed by atoms with Gasteiger partial charge < -0.3 is 19.3 Å². The summed E-state index contributed by atoms with van der Waals surface area (Å²) in [7, 11) is 4.12. The lowest BCUT2D eigenvalue weighted by molar-refractivity contribution is 0.0854. The van der Waals surface area contributed by atoms with Gasteiger partial charge in [-0.05, 0) is 58.0 Å². The number of rotatable bonds is 6. The van der Waals surface area contributed by atoms with Crippen LogP contribution in [0, 0.1) is 0 Å². The van der Waals surface area contributed by atoms with Crippen molar-refractivity contribution in [3.05, 3.63) is 28.8 Å². The molecular formula is C19H30N2O3. The number of nitrogens with zero attached hydrogens (tertiary/aromatic N) is 2. The number of hydrogen-bond acceptors (Lipinski definition) is 4. The molecule has 1 atom stereocenters. The minimum absolute atomic E-state index is 0.0559. The van der Waals surface area contributed by atoms with Gasteiger partial charge in [0.15, 0.2) is 0 Å². The molecule has 1 aromatic carbocycles. The van der Waals surface area contributed by atoms with Crippen LogP contribution in [-0.2, 0) is 17.7 Å². The van der Waals surface area contributed by atoms with Crippen LogP contribution in [0.2, 0.25) is 0 Å². The van der Waals surface area contributed by atoms with Gasteiger partial charge in [-0.15, -0.1) is 0 Å². The summed E-state index contributed by atoms with van der Waals surface area (Å²) in [6.07, 6.45) is 1.51. The molecule has 24 heavy (non-hydrogen) atoms. The highest BCUT2D eigenvalue weighted by molar-refractivity contribution is 5.69. The summed E-state index contributed by atoms with van der Waals surface area (Å²) >= 11 is 0. The van der Waals surface area contributed by atoms with E-state index in [0.717, 1.165) is 25.1 Å². The summed E-state index contributed by atoms with van der Waals surface area (Å²) in [4.78, 5) is 16.3. The Bertz CT molecular complexity index is 572. The van der Waals surface area contributed by atoms with Crippen molar-refractivity contribution in [1.82, 2.24) is 9.80 Å². The van der Waals surface area contributed by atoms with Crippen molar-refractivity contribution in [3.63, 3.8) is 0 Å². The zero-order valence-corrected chi connectivity index (χ0v) is 15.6. The number of carbonyl (C=O) groups is 1. The van der Waals surface area contributed by atoms with Crippen molar-refractivity contribution in [2.24, 2.45) is 0 Å². The Morgan fingerprint density at radius 3 is 2.58 bits per heavy atom. The van der Waals surface area contributed by atoms with Crippen LogP contribution in [0.5, 0.6) is 5.75 Å². The first-order valence-electron chi connectivity index (χ1n) is 8.88. The second-order valence-corrected chi connectivity index (χ2v) is 6.40. The van der Waals surface area contributed by atoms with E-state index >= 15 is 0 Å². The van der Waals surface area contributed by atoms with Crippen molar-refractivity contribution in [2.45, 2.75) is 46.2 Å². The van der Waals surface area contributed by atoms with E-state index in [1.165, 1.54) is 16.7 Å². The molecule has 1 aromatic rings. The molecule has 5 heteroatoms. The van der Waals surface area contributed by atoms with E-state index in [1.54, 1.807) is 0 Å². The van der Waals surface area contributed by atoms with Crippen LogP contribution in [0.15, 0.2) is 12.1 Å². The predicted molar refractivity (Wildman–Crippen MR) is 95.5 cm³/mol. The molecule has 0 saturated heterocycles. The van der Waals surface area contributed by atoms with Crippen molar-refractivity contribution in [3.8, 4) is 5.75 Å². The normalized spacial score (nSPS) is 16.9. The Morgan fingerprint density at radius 2 is 2.00 bits per heavy atom. The Balaban J connectivity index is 2.39. The maximum absolute atomic E-state index is 12.3. The third kappa shape index (κ3) is 4.01. The zero-order chi connectivity index (χ0) is 17.7. The molecule has 5 nitrogen and oxygen atoms in total. The first kappa shape index (κ1) is 18.6. The van der Waals surface area contributed by atoms with Crippen LogP contribution < -0.4 is 4.74 Å². The van der Waals surface area contributed by atoms with E-state index in [-0.39, 0.29) is 12.1 Å². The van der Waals surface area contributed by atoms with Crippen LogP contribution in [-0.4, -0.2) is 49.7 Å². The maximum Gasteiger partial charge on any atom is 0.410 e. The fourth-order valence-corrected chi connectivity index (χ4v) is 3.40. The van der Waals surface area contributed by atoms with E-state index in [0.29, 0.717) is 19.8 Å². The quantitative estimate of drug-likeness (QED) is 0.797. The van der Waals surface area contributed by atoms with Gasteiger partial charge in [0.1, 0.15) is 5.75 Å². The SMILES string of the molecule is CCOC(=O)N1CCc2cc(CN(C)C)c(OCC)cc2C1CC. The van der Waals surface area contributed by atoms with E-state index in [2.05, 4.69) is 38.1 Å². The number of hydrogen-bond donors (Lipinski definition) is 0. The van der Waals surface area contributed by atoms with Crippen molar-refractivity contribution in [1.29, 1.82) is 0 Å². The van der Waals surface area contributed by atoms with Crippen LogP contribution in [0.4, 0.5) is 4.79 Å². The molecule has 2 rings (SSSR count). The fraction of sp³-hybridized carbons (Fsp3) is 0.632. The van der Waals surface area contributed by atoms with Gasteiger partial charge in [-0.1, -0.05) is 13.0 Å². The first-order chi connectivity index (χ1) is 11.5. The molecule has 0 bridgehead atoms. The zero-order valence-electron chi connectivity index (χ0n) is 15.6. The van der Waals surface area contributed by atoms with Crippen molar-refractivity contribution in [2.75, 3.05) is 33.9 Å². The Kier molecular flexibility index (Phi) is 6.49. The van der Waals surface area contributed by atoms with E-state index in [9.17, 15) is 4.79 Å². The molecule has 1 heterocycles. The van der Waals surface area contributed by atoms with E-state index < -0.39 is 0 Å². The molecule has 1 unspecified atom stereocenters. The summed E-state index contributed by atoms with van der Waals surface area (Å²) < 4.78 is 11.1. The third-order valence-corrected chi connectivity index (χ3v) is 4.36. The number of carbonyl (C=O) groups excluding carboxylic acids is 1. The molecule has 1 aliphatic rings. The molecule has 1 amide bonds. The standard InChI is InChI=1S/C19H30N2O3/c1-6-17-16-12-18(23-7-2)15(13-20(4)5)11-14(16)9-10-21(17)19(22)24-8-3/h11-12,17H,6-10,13H2,1-5H3. The molecule has 134 valence electrons. The summed E-state index contributed by atoms with van der Waals surface area (Å²) in [5.41, 5.74) is 3.73. The lowest BCUT2D eigenvalue weighted by atomic mass is 9.89. The molecule has 0 N–H and O–H groups in total. The molecule has 0 saturated carbocycles. The summed E-state index contributed by atoms with van der Waals surface area (Å²) in [5.74, 6) is 0.925. The van der Waals surface area contributed by atoms with Gasteiger partial charge in [0, 0.05) is 18.7 Å². The average molecular weight is 334 g/mol. The van der Waals surface area contributed by atoms with Crippen molar-refractivity contribution >= 4 is 6.09 Å². The predicted octanol–water partition coefficient (Wildman–Crippen LogP) is 3.61. The molecule has 0 spiro atoms. The maximum atomic E-state index is 12.3. The second-order valence-electron chi connectivity index (χ2n) is 6.40. The van der Waals surface area contributed by atoms with Crippen molar-refractivity contribution < 1.29 is 14.3 Å². The average Bonchev–Trinajstić information content (AvgIpc) is 2.54. The lowest BCUT2D eigenvalue weighted by Crippen LogP contribution is -2.40. The Labute approximate surface area is 145 Å². The first-order valence-corrected chi connectivity index (χ1v) is 8.88. The van der Waals surface area contributed by atoms with E-state index in [1.807, 2.05) is 18.7 Å². The number of amides is 1. The Hall–Kier alpha value is -1.75. The molecule has 0 radical (unpaired) electrons. The highest BCUT2D eigenvalue weighted by Gasteiger charge is 2.31. The highest BCUT2D eigenvalue weighted by atomic mass is 16.6. The van der Waals surface area contributed by atoms with Gasteiger partial charge in [-0.2, -0.15) is 0 Å². The van der Waals surface area contributed by atoms with Gasteiger partial charge in [-0.25, -0.2) is 4.79 Å². The minimum Gasteiger partial charge on any atom is -0.494 e. The topological polar surface area (TPSA) is 42.0 Å². The van der Waals surface area contributed by atoms with Gasteiger partial charge in [-0.3, -0.25) is 0 Å². The largest absolute Gasteiger partial charge is 0.494 e. The summed E-state index contributed by atoms with van der Waals surface area (Å²) in [6.45, 7) is 8.56. The molecular weight excluding hydrogens is 304 g/mol. The number of ether oxygens (including phenoxy) is 2. The molecule has 0 aromatic heterocycles. The molecule has 0 aliphatic carbocycles. The second kappa shape index (κ2) is 8.38. The van der Waals surface area contributed by atoms with Crippen LogP contribution >= 0.6 is 0 Å². The third-order valence-electron chi connectivity index (χ3n) is 4.36. The number of fused-ring (bicyclic) bond motifs is 1. The fourth-order valence-electron chi connectivity index (χ4n) is 3.40. The van der Waals surface area contributed by atoms with E-state index in [4.69, 9.17) is 9.47 Å². The van der Waals surface area contributed by atoms with Gasteiger partial charge >= 0.3 is 6.09 Å². The monoisotopic (exact) mass is 334 g/mol. The van der Waals surface area contributed by atoms with Gasteiger partial charge in [0.05, 0.1) is 19.3 Å². The number of benzene rings is 1. The summed E-state index contributed by atoms with van der Waals surface area (Å²) in [6, 6.07) is 4.45. The summed E-state index contributed by atoms with van der Waals surface area (Å²) in [5, 5.41) is 0. The van der Waals surface area contributed by atoms with Crippen LogP contribution in [0.3, 0.4) is 0 Å². The minimum atomic E-state index is -0.217. The smallest absolute Gasteiger partial charge is 0.410 e.